The number of hydrogen-bond acceptors (Lipinski definition) is 5. The van der Waals surface area contributed by atoms with Crippen molar-refractivity contribution in [2.75, 3.05) is 13.1 Å². The van der Waals surface area contributed by atoms with Crippen LogP contribution < -0.4 is 4.74 Å². The summed E-state index contributed by atoms with van der Waals surface area (Å²) in [6.45, 7) is 0.876. The topological polar surface area (TPSA) is 68.2 Å². The summed E-state index contributed by atoms with van der Waals surface area (Å²) >= 11 is 0. The zero-order valence-electron chi connectivity index (χ0n) is 13.8. The molecule has 1 fully saturated rings. The molecule has 1 atom stereocenters. The van der Waals surface area contributed by atoms with Crippen molar-refractivity contribution in [1.82, 2.24) is 19.9 Å². The Labute approximate surface area is 148 Å². The minimum absolute atomic E-state index is 0.0729. The lowest BCUT2D eigenvalue weighted by atomic mass is 10.1. The maximum atomic E-state index is 12.7. The van der Waals surface area contributed by atoms with Crippen LogP contribution in [0, 0.1) is 0 Å². The molecule has 0 N–H and O–H groups in total. The molecule has 1 aliphatic heterocycles. The summed E-state index contributed by atoms with van der Waals surface area (Å²) in [5, 5.41) is 0. The zero-order chi connectivity index (χ0) is 18.6. The molecule has 0 bridgehead atoms. The van der Waals surface area contributed by atoms with Crippen molar-refractivity contribution in [3.05, 3.63) is 48.0 Å². The fraction of sp³-hybridized carbons (Fsp3) is 0.412. The lowest BCUT2D eigenvalue weighted by Crippen LogP contribution is -2.45. The molecule has 9 heteroatoms. The molecule has 1 aliphatic rings. The van der Waals surface area contributed by atoms with Gasteiger partial charge in [0.1, 0.15) is 6.10 Å². The third-order valence-corrected chi connectivity index (χ3v) is 4.00. The number of carbonyl (C=O) groups excluding carboxylic acids is 1. The molecule has 0 aliphatic carbocycles. The number of hydrogen-bond donors (Lipinski definition) is 0. The molecule has 1 amide bonds. The molecule has 2 aromatic rings. The van der Waals surface area contributed by atoms with Crippen LogP contribution in [0.3, 0.4) is 0 Å². The molecule has 1 saturated heterocycles. The van der Waals surface area contributed by atoms with Crippen molar-refractivity contribution in [2.24, 2.45) is 0 Å². The van der Waals surface area contributed by atoms with Gasteiger partial charge in [-0.05, 0) is 30.5 Å². The average molecular weight is 366 g/mol. The number of nitrogens with zero attached hydrogens (tertiary/aromatic N) is 4. The number of piperidine rings is 1. The molecule has 0 radical (unpaired) electrons. The van der Waals surface area contributed by atoms with Crippen molar-refractivity contribution in [2.45, 2.75) is 31.5 Å². The molecule has 26 heavy (non-hydrogen) atoms. The van der Waals surface area contributed by atoms with E-state index in [-0.39, 0.29) is 18.3 Å². The molecule has 6 nitrogen and oxygen atoms in total. The Kier molecular flexibility index (Phi) is 5.34. The first kappa shape index (κ1) is 18.1. The number of amides is 1. The highest BCUT2D eigenvalue weighted by atomic mass is 19.4. The summed E-state index contributed by atoms with van der Waals surface area (Å²) in [5.41, 5.74) is -0.246. The van der Waals surface area contributed by atoms with Gasteiger partial charge in [0.15, 0.2) is 5.69 Å². The van der Waals surface area contributed by atoms with E-state index in [0.717, 1.165) is 17.8 Å². The van der Waals surface area contributed by atoms with Crippen LogP contribution in [0.4, 0.5) is 13.2 Å². The third-order valence-electron chi connectivity index (χ3n) is 4.00. The van der Waals surface area contributed by atoms with Gasteiger partial charge in [-0.3, -0.25) is 9.78 Å². The number of pyridine rings is 1. The quantitative estimate of drug-likeness (QED) is 0.832. The molecule has 138 valence electrons. The number of carbonyl (C=O) groups is 1. The largest absolute Gasteiger partial charge is 0.458 e. The van der Waals surface area contributed by atoms with E-state index in [2.05, 4.69) is 15.0 Å². The molecule has 3 heterocycles. The van der Waals surface area contributed by atoms with Crippen molar-refractivity contribution < 1.29 is 22.7 Å². The summed E-state index contributed by atoms with van der Waals surface area (Å²) in [4.78, 5) is 25.2. The Morgan fingerprint density at radius 1 is 1.31 bits per heavy atom. The van der Waals surface area contributed by atoms with Gasteiger partial charge in [-0.25, -0.2) is 4.98 Å². The summed E-state index contributed by atoms with van der Waals surface area (Å²) in [6, 6.07) is 4.04. The Hall–Kier alpha value is -2.71. The number of alkyl halides is 3. The minimum atomic E-state index is -4.56. The van der Waals surface area contributed by atoms with Gasteiger partial charge in [0, 0.05) is 25.1 Å². The second-order valence-electron chi connectivity index (χ2n) is 5.98. The minimum Gasteiger partial charge on any atom is -0.458 e. The van der Waals surface area contributed by atoms with Crippen molar-refractivity contribution in [1.29, 1.82) is 0 Å². The van der Waals surface area contributed by atoms with E-state index in [9.17, 15) is 18.0 Å². The van der Waals surface area contributed by atoms with Crippen LogP contribution in [0.25, 0.3) is 0 Å². The van der Waals surface area contributed by atoms with Crippen LogP contribution in [0.5, 0.6) is 6.01 Å². The molecule has 0 spiro atoms. The molecule has 1 unspecified atom stereocenters. The Morgan fingerprint density at radius 2 is 2.15 bits per heavy atom. The van der Waals surface area contributed by atoms with Gasteiger partial charge in [0.05, 0.1) is 13.0 Å². The average Bonchev–Trinajstić information content (AvgIpc) is 2.62. The van der Waals surface area contributed by atoms with E-state index in [4.69, 9.17) is 4.74 Å². The van der Waals surface area contributed by atoms with Gasteiger partial charge in [-0.1, -0.05) is 6.07 Å². The fourth-order valence-electron chi connectivity index (χ4n) is 2.75. The number of ether oxygens (including phenoxy) is 1. The highest BCUT2D eigenvalue weighted by Gasteiger charge is 2.33. The summed E-state index contributed by atoms with van der Waals surface area (Å²) in [6.07, 6.45) is 0.822. The van der Waals surface area contributed by atoms with Gasteiger partial charge in [-0.2, -0.15) is 18.2 Å². The second-order valence-corrected chi connectivity index (χ2v) is 5.98. The molecule has 3 rings (SSSR count). The van der Waals surface area contributed by atoms with Gasteiger partial charge in [-0.15, -0.1) is 0 Å². The third kappa shape index (κ3) is 4.68. The maximum absolute atomic E-state index is 12.7. The molecular weight excluding hydrogens is 349 g/mol. The number of aromatic nitrogens is 3. The van der Waals surface area contributed by atoms with Crippen LogP contribution >= 0.6 is 0 Å². The van der Waals surface area contributed by atoms with Crippen LogP contribution in [0.1, 0.15) is 24.1 Å². The maximum Gasteiger partial charge on any atom is 0.433 e. The van der Waals surface area contributed by atoms with Crippen LogP contribution in [0.2, 0.25) is 0 Å². The first-order valence-electron chi connectivity index (χ1n) is 8.15. The molecule has 2 aromatic heterocycles. The first-order valence-corrected chi connectivity index (χ1v) is 8.15. The Morgan fingerprint density at radius 3 is 2.88 bits per heavy atom. The SMILES string of the molecule is O=C(Cc1cccnc1)N1CCCC(Oc2nccc(C(F)(F)F)n2)C1. The number of rotatable bonds is 4. The van der Waals surface area contributed by atoms with E-state index in [1.54, 1.807) is 23.4 Å². The predicted octanol–water partition coefficient (Wildman–Crippen LogP) is 2.50. The number of halogens is 3. The summed E-state index contributed by atoms with van der Waals surface area (Å²) in [7, 11) is 0. The van der Waals surface area contributed by atoms with E-state index < -0.39 is 18.0 Å². The Bertz CT molecular complexity index is 755. The van der Waals surface area contributed by atoms with Gasteiger partial charge < -0.3 is 9.64 Å². The van der Waals surface area contributed by atoms with Crippen molar-refractivity contribution >= 4 is 5.91 Å². The molecule has 0 saturated carbocycles. The molecular formula is C17H17F3N4O2. The van der Waals surface area contributed by atoms with Crippen molar-refractivity contribution in [3.63, 3.8) is 0 Å². The Balaban J connectivity index is 1.61. The van der Waals surface area contributed by atoms with Gasteiger partial charge in [0.2, 0.25) is 5.91 Å². The predicted molar refractivity (Wildman–Crippen MR) is 85.2 cm³/mol. The summed E-state index contributed by atoms with van der Waals surface area (Å²) in [5.74, 6) is -0.0729. The van der Waals surface area contributed by atoms with Gasteiger partial charge >= 0.3 is 12.2 Å². The monoisotopic (exact) mass is 366 g/mol. The number of likely N-dealkylation sites (tertiary alicyclic amines) is 1. The lowest BCUT2D eigenvalue weighted by molar-refractivity contribution is -0.141. The second kappa shape index (κ2) is 7.67. The molecule has 0 aromatic carbocycles. The van der Waals surface area contributed by atoms with Crippen molar-refractivity contribution in [3.8, 4) is 6.01 Å². The highest BCUT2D eigenvalue weighted by Crippen LogP contribution is 2.28. The first-order chi connectivity index (χ1) is 12.4. The van der Waals surface area contributed by atoms with E-state index >= 15 is 0 Å². The normalized spacial score (nSPS) is 17.8. The smallest absolute Gasteiger partial charge is 0.433 e. The fourth-order valence-corrected chi connectivity index (χ4v) is 2.75. The zero-order valence-corrected chi connectivity index (χ0v) is 13.8. The van der Waals surface area contributed by atoms with E-state index in [1.165, 1.54) is 0 Å². The van der Waals surface area contributed by atoms with Gasteiger partial charge in [0.25, 0.3) is 0 Å². The van der Waals surface area contributed by atoms with Crippen LogP contribution in [-0.4, -0.2) is 45.0 Å². The lowest BCUT2D eigenvalue weighted by Gasteiger charge is -2.32. The van der Waals surface area contributed by atoms with E-state index in [1.807, 2.05) is 6.07 Å². The van der Waals surface area contributed by atoms with Crippen LogP contribution in [-0.2, 0) is 17.4 Å². The highest BCUT2D eigenvalue weighted by molar-refractivity contribution is 5.78. The standard InChI is InChI=1S/C17H17F3N4O2/c18-17(19,20)14-5-7-22-16(23-14)26-13-4-2-8-24(11-13)15(25)9-12-3-1-6-21-10-12/h1,3,5-7,10,13H,2,4,8-9,11H2. The van der Waals surface area contributed by atoms with E-state index in [0.29, 0.717) is 25.9 Å². The van der Waals surface area contributed by atoms with Crippen LogP contribution in [0.15, 0.2) is 36.8 Å². The summed E-state index contributed by atoms with van der Waals surface area (Å²) < 4.78 is 43.6.